The first-order valence-electron chi connectivity index (χ1n) is 7.23. The number of hydrogen-bond donors (Lipinski definition) is 1. The highest BCUT2D eigenvalue weighted by molar-refractivity contribution is 6.01. The maximum Gasteiger partial charge on any atom is 0.165 e. The lowest BCUT2D eigenvalue weighted by atomic mass is 9.82. The van der Waals surface area contributed by atoms with Gasteiger partial charge < -0.3 is 5.32 Å². The highest BCUT2D eigenvalue weighted by Crippen LogP contribution is 2.33. The van der Waals surface area contributed by atoms with E-state index in [1.165, 1.54) is 32.1 Å². The number of carbonyl (C=O) groups excluding carboxylic acids is 1. The van der Waals surface area contributed by atoms with Crippen LogP contribution < -0.4 is 5.32 Å². The van der Waals surface area contributed by atoms with Crippen LogP contribution >= 0.6 is 0 Å². The molecule has 2 nitrogen and oxygen atoms in total. The van der Waals surface area contributed by atoms with E-state index >= 15 is 0 Å². The van der Waals surface area contributed by atoms with Gasteiger partial charge in [-0.25, -0.2) is 0 Å². The van der Waals surface area contributed by atoms with Crippen molar-refractivity contribution in [3.05, 3.63) is 29.8 Å². The fourth-order valence-corrected chi connectivity index (χ4v) is 3.44. The largest absolute Gasteiger partial charge is 0.381 e. The molecule has 2 aliphatic rings. The third kappa shape index (κ3) is 2.29. The van der Waals surface area contributed by atoms with Gasteiger partial charge in [-0.15, -0.1) is 0 Å². The van der Waals surface area contributed by atoms with E-state index in [1.54, 1.807) is 0 Å². The summed E-state index contributed by atoms with van der Waals surface area (Å²) in [4.78, 5) is 12.1. The molecule has 0 amide bonds. The first-order chi connectivity index (χ1) is 8.84. The van der Waals surface area contributed by atoms with Crippen LogP contribution in [0.25, 0.3) is 0 Å². The number of anilines is 1. The zero-order valence-corrected chi connectivity index (χ0v) is 10.8. The summed E-state index contributed by atoms with van der Waals surface area (Å²) in [6, 6.07) is 8.47. The molecule has 0 bridgehead atoms. The molecule has 0 saturated heterocycles. The van der Waals surface area contributed by atoms with Gasteiger partial charge in [0.05, 0.1) is 0 Å². The molecule has 96 valence electrons. The van der Waals surface area contributed by atoms with Gasteiger partial charge in [0.25, 0.3) is 0 Å². The average molecular weight is 243 g/mol. The third-order valence-corrected chi connectivity index (χ3v) is 4.47. The summed E-state index contributed by atoms with van der Waals surface area (Å²) in [7, 11) is 0. The zero-order valence-electron chi connectivity index (χ0n) is 10.8. The van der Waals surface area contributed by atoms with Crippen molar-refractivity contribution in [1.29, 1.82) is 0 Å². The van der Waals surface area contributed by atoms with Gasteiger partial charge in [-0.3, -0.25) is 4.79 Å². The van der Waals surface area contributed by atoms with Crippen molar-refractivity contribution < 1.29 is 4.79 Å². The molecular formula is C16H21NO. The molecule has 1 saturated carbocycles. The van der Waals surface area contributed by atoms with E-state index < -0.39 is 0 Å². The number of nitrogens with one attached hydrogen (secondary N) is 1. The molecule has 1 heterocycles. The number of fused-ring (bicyclic) bond motifs is 1. The quantitative estimate of drug-likeness (QED) is 0.807. The van der Waals surface area contributed by atoms with Crippen LogP contribution in [-0.4, -0.2) is 11.8 Å². The predicted octanol–water partition coefficient (Wildman–Crippen LogP) is 4.02. The van der Waals surface area contributed by atoms with Gasteiger partial charge in [-0.1, -0.05) is 31.4 Å². The van der Waals surface area contributed by atoms with Gasteiger partial charge in [0.15, 0.2) is 5.78 Å². The minimum atomic E-state index is 0.302. The molecule has 1 aliphatic heterocycles. The second-order valence-electron chi connectivity index (χ2n) is 5.66. The van der Waals surface area contributed by atoms with E-state index in [0.29, 0.717) is 18.2 Å². The number of carbonyl (C=O) groups is 1. The molecule has 1 N–H and O–H groups in total. The summed E-state index contributed by atoms with van der Waals surface area (Å²) in [6.07, 6.45) is 8.46. The Balaban J connectivity index is 1.82. The fourth-order valence-electron chi connectivity index (χ4n) is 3.44. The molecule has 18 heavy (non-hydrogen) atoms. The van der Waals surface area contributed by atoms with E-state index in [2.05, 4.69) is 5.32 Å². The van der Waals surface area contributed by atoms with Crippen molar-refractivity contribution in [3.63, 3.8) is 0 Å². The number of hydrogen-bond acceptors (Lipinski definition) is 2. The van der Waals surface area contributed by atoms with E-state index in [-0.39, 0.29) is 0 Å². The molecule has 2 heteroatoms. The van der Waals surface area contributed by atoms with Crippen molar-refractivity contribution in [2.24, 2.45) is 5.92 Å². The van der Waals surface area contributed by atoms with Gasteiger partial charge in [-0.05, 0) is 37.3 Å². The molecule has 0 unspecified atom stereocenters. The van der Waals surface area contributed by atoms with Crippen LogP contribution in [-0.2, 0) is 0 Å². The second-order valence-corrected chi connectivity index (χ2v) is 5.66. The average Bonchev–Trinajstić information content (AvgIpc) is 2.60. The summed E-state index contributed by atoms with van der Waals surface area (Å²) in [5.74, 6) is 1.06. The van der Waals surface area contributed by atoms with Gasteiger partial charge in [0.2, 0.25) is 0 Å². The maximum atomic E-state index is 12.1. The van der Waals surface area contributed by atoms with Crippen LogP contribution in [0.15, 0.2) is 24.3 Å². The summed E-state index contributed by atoms with van der Waals surface area (Å²) < 4.78 is 0. The highest BCUT2D eigenvalue weighted by Gasteiger charge is 2.27. The SMILES string of the molecule is O=C1CC[C@@H](C2CCCCC2)Nc2ccccc21. The first kappa shape index (κ1) is 11.8. The lowest BCUT2D eigenvalue weighted by Crippen LogP contribution is -2.30. The summed E-state index contributed by atoms with van der Waals surface area (Å²) in [5.41, 5.74) is 1.94. The molecular weight excluding hydrogens is 222 g/mol. The minimum absolute atomic E-state index is 0.302. The predicted molar refractivity (Wildman–Crippen MR) is 74.0 cm³/mol. The second kappa shape index (κ2) is 5.13. The molecule has 1 aromatic carbocycles. The van der Waals surface area contributed by atoms with E-state index in [1.807, 2.05) is 24.3 Å². The Hall–Kier alpha value is -1.31. The van der Waals surface area contributed by atoms with Crippen LogP contribution in [0.1, 0.15) is 55.3 Å². The standard InChI is InChI=1S/C16H21NO/c18-16-11-10-14(12-6-2-1-3-7-12)17-15-9-5-4-8-13(15)16/h4-5,8-9,12,14,17H,1-3,6-7,10-11H2/t14-/m0/s1. The van der Waals surface area contributed by atoms with Gasteiger partial charge in [0.1, 0.15) is 0 Å². The number of para-hydroxylation sites is 1. The van der Waals surface area contributed by atoms with Crippen LogP contribution in [0.5, 0.6) is 0 Å². The van der Waals surface area contributed by atoms with Crippen molar-refractivity contribution >= 4 is 11.5 Å². The van der Waals surface area contributed by atoms with Crippen molar-refractivity contribution in [2.75, 3.05) is 5.32 Å². The number of rotatable bonds is 1. The van der Waals surface area contributed by atoms with Gasteiger partial charge in [0, 0.05) is 23.7 Å². The van der Waals surface area contributed by atoms with Crippen LogP contribution in [0.4, 0.5) is 5.69 Å². The normalized spacial score (nSPS) is 25.1. The van der Waals surface area contributed by atoms with E-state index in [4.69, 9.17) is 0 Å². The monoisotopic (exact) mass is 243 g/mol. The lowest BCUT2D eigenvalue weighted by molar-refractivity contribution is 0.0979. The Morgan fingerprint density at radius 3 is 2.61 bits per heavy atom. The number of Topliss-reactive ketones (excluding diaryl/α,β-unsaturated/α-hetero) is 1. The maximum absolute atomic E-state index is 12.1. The third-order valence-electron chi connectivity index (χ3n) is 4.47. The van der Waals surface area contributed by atoms with Crippen LogP contribution in [0.3, 0.4) is 0 Å². The van der Waals surface area contributed by atoms with E-state index in [9.17, 15) is 4.79 Å². The van der Waals surface area contributed by atoms with Crippen LogP contribution in [0.2, 0.25) is 0 Å². The van der Waals surface area contributed by atoms with Crippen LogP contribution in [0, 0.1) is 5.92 Å². The topological polar surface area (TPSA) is 29.1 Å². The molecule has 0 spiro atoms. The zero-order chi connectivity index (χ0) is 12.4. The molecule has 1 atom stereocenters. The Morgan fingerprint density at radius 2 is 1.78 bits per heavy atom. The summed E-state index contributed by atoms with van der Waals surface area (Å²) >= 11 is 0. The molecule has 3 rings (SSSR count). The molecule has 0 aromatic heterocycles. The lowest BCUT2D eigenvalue weighted by Gasteiger charge is -2.30. The fraction of sp³-hybridized carbons (Fsp3) is 0.562. The van der Waals surface area contributed by atoms with Gasteiger partial charge >= 0.3 is 0 Å². The van der Waals surface area contributed by atoms with E-state index in [0.717, 1.165) is 23.6 Å². The molecule has 1 aliphatic carbocycles. The number of benzene rings is 1. The molecule has 1 aromatic rings. The highest BCUT2D eigenvalue weighted by atomic mass is 16.1. The Labute approximate surface area is 109 Å². The van der Waals surface area contributed by atoms with Crippen molar-refractivity contribution in [3.8, 4) is 0 Å². The summed E-state index contributed by atoms with van der Waals surface area (Å²) in [5, 5.41) is 3.64. The van der Waals surface area contributed by atoms with Gasteiger partial charge in [-0.2, -0.15) is 0 Å². The Bertz CT molecular complexity index is 434. The van der Waals surface area contributed by atoms with Crippen molar-refractivity contribution in [2.45, 2.75) is 51.0 Å². The summed E-state index contributed by atoms with van der Waals surface area (Å²) in [6.45, 7) is 0. The first-order valence-corrected chi connectivity index (χ1v) is 7.23. The van der Waals surface area contributed by atoms with Crippen molar-refractivity contribution in [1.82, 2.24) is 0 Å². The molecule has 0 radical (unpaired) electrons. The Kier molecular flexibility index (Phi) is 3.35. The number of ketones is 1. The minimum Gasteiger partial charge on any atom is -0.381 e. The Morgan fingerprint density at radius 1 is 1.00 bits per heavy atom. The molecule has 1 fully saturated rings. The smallest absolute Gasteiger partial charge is 0.165 e.